The quantitative estimate of drug-likeness (QED) is 0.718. The Balaban J connectivity index is 1.93. The Hall–Kier alpha value is -1.41. The van der Waals surface area contributed by atoms with Crippen LogP contribution >= 0.6 is 15.9 Å². The average molecular weight is 314 g/mol. The van der Waals surface area contributed by atoms with Crippen molar-refractivity contribution in [2.75, 3.05) is 0 Å². The lowest BCUT2D eigenvalue weighted by atomic mass is 9.96. The van der Waals surface area contributed by atoms with Gasteiger partial charge in [-0.1, -0.05) is 64.5 Å². The van der Waals surface area contributed by atoms with E-state index in [1.165, 1.54) is 15.6 Å². The molecule has 2 aliphatic rings. The average Bonchev–Trinajstić information content (AvgIpc) is 2.48. The highest BCUT2D eigenvalue weighted by Gasteiger charge is 2.18. The summed E-state index contributed by atoms with van der Waals surface area (Å²) < 4.78 is 1.23. The van der Waals surface area contributed by atoms with Gasteiger partial charge in [0.1, 0.15) is 0 Å². The predicted octanol–water partition coefficient (Wildman–Crippen LogP) is 5.13. The maximum Gasteiger partial charge on any atom is 0.0801 e. The minimum atomic E-state index is 0.229. The molecule has 0 aromatic heterocycles. The second kappa shape index (κ2) is 5.70. The maximum atomic E-state index is 4.92. The first kappa shape index (κ1) is 12.6. The molecule has 0 saturated heterocycles. The van der Waals surface area contributed by atoms with E-state index in [0.29, 0.717) is 0 Å². The monoisotopic (exact) mass is 313 g/mol. The third-order valence-electron chi connectivity index (χ3n) is 3.45. The summed E-state index contributed by atoms with van der Waals surface area (Å²) in [6.07, 6.45) is 12.1. The molecule has 0 bridgehead atoms. The molecule has 1 aromatic carbocycles. The third kappa shape index (κ3) is 2.95. The number of rotatable bonds is 2. The van der Waals surface area contributed by atoms with Crippen LogP contribution in [-0.4, -0.2) is 5.71 Å². The molecule has 1 aliphatic carbocycles. The number of nitrogens with zero attached hydrogens (tertiary/aromatic N) is 1. The van der Waals surface area contributed by atoms with Crippen LogP contribution in [0.1, 0.15) is 30.9 Å². The molecule has 0 fully saturated rings. The molecule has 1 aliphatic heterocycles. The summed E-state index contributed by atoms with van der Waals surface area (Å²) in [5.74, 6) is 0. The molecule has 2 heteroatoms. The first-order valence-electron chi connectivity index (χ1n) is 6.69. The van der Waals surface area contributed by atoms with E-state index >= 15 is 0 Å². The first-order valence-corrected chi connectivity index (χ1v) is 7.48. The van der Waals surface area contributed by atoms with Crippen LogP contribution in [0.4, 0.5) is 0 Å². The number of halogens is 1. The Morgan fingerprint density at radius 2 is 1.95 bits per heavy atom. The number of hydrogen-bond donors (Lipinski definition) is 0. The number of hydrogen-bond acceptors (Lipinski definition) is 1. The first-order chi connectivity index (χ1) is 9.33. The fraction of sp³-hybridized carbons (Fsp3) is 0.235. The Bertz CT molecular complexity index is 579. The van der Waals surface area contributed by atoms with Gasteiger partial charge >= 0.3 is 0 Å². The van der Waals surface area contributed by atoms with Crippen molar-refractivity contribution in [3.63, 3.8) is 0 Å². The van der Waals surface area contributed by atoms with Gasteiger partial charge in [-0.05, 0) is 34.5 Å². The lowest BCUT2D eigenvalue weighted by Crippen LogP contribution is -2.09. The molecule has 96 valence electrons. The number of dihydropyridines is 1. The van der Waals surface area contributed by atoms with E-state index < -0.39 is 0 Å². The van der Waals surface area contributed by atoms with Crippen molar-refractivity contribution in [1.82, 2.24) is 0 Å². The maximum absolute atomic E-state index is 4.92. The smallest absolute Gasteiger partial charge is 0.0801 e. The molecule has 0 amide bonds. The standard InChI is InChI=1S/C17H16BrN/c18-15-11-16(13-7-3-1-4-8-13)19-17(12-15)14-9-5-2-6-10-14/h1,3-5,7-10,12,16H,2,6,11H2. The molecule has 1 unspecified atom stereocenters. The van der Waals surface area contributed by atoms with Crippen LogP contribution in [-0.2, 0) is 0 Å². The van der Waals surface area contributed by atoms with Crippen molar-refractivity contribution in [2.24, 2.45) is 4.99 Å². The Labute approximate surface area is 122 Å². The summed E-state index contributed by atoms with van der Waals surface area (Å²) >= 11 is 3.66. The van der Waals surface area contributed by atoms with E-state index in [1.807, 2.05) is 6.07 Å². The van der Waals surface area contributed by atoms with Crippen LogP contribution in [0.25, 0.3) is 0 Å². The topological polar surface area (TPSA) is 12.4 Å². The zero-order valence-electron chi connectivity index (χ0n) is 10.7. The van der Waals surface area contributed by atoms with Crippen molar-refractivity contribution in [1.29, 1.82) is 0 Å². The largest absolute Gasteiger partial charge is 0.276 e. The lowest BCUT2D eigenvalue weighted by molar-refractivity contribution is 0.731. The van der Waals surface area contributed by atoms with Gasteiger partial charge in [0.15, 0.2) is 0 Å². The van der Waals surface area contributed by atoms with Crippen LogP contribution in [0, 0.1) is 0 Å². The lowest BCUT2D eigenvalue weighted by Gasteiger charge is -2.20. The van der Waals surface area contributed by atoms with Crippen molar-refractivity contribution in [2.45, 2.75) is 25.3 Å². The van der Waals surface area contributed by atoms with Gasteiger partial charge in [-0.15, -0.1) is 0 Å². The van der Waals surface area contributed by atoms with E-state index in [0.717, 1.165) is 25.0 Å². The van der Waals surface area contributed by atoms with Crippen molar-refractivity contribution >= 4 is 21.6 Å². The van der Waals surface area contributed by atoms with Crippen molar-refractivity contribution in [3.8, 4) is 0 Å². The summed E-state index contributed by atoms with van der Waals surface area (Å²) in [6.45, 7) is 0. The number of allylic oxidation sites excluding steroid dienone is 5. The summed E-state index contributed by atoms with van der Waals surface area (Å²) in [5, 5.41) is 0. The molecule has 1 heterocycles. The van der Waals surface area contributed by atoms with Gasteiger partial charge in [0.25, 0.3) is 0 Å². The molecule has 0 saturated carbocycles. The predicted molar refractivity (Wildman–Crippen MR) is 84.7 cm³/mol. The molecule has 1 nitrogen and oxygen atoms in total. The van der Waals surface area contributed by atoms with Gasteiger partial charge in [0.2, 0.25) is 0 Å². The SMILES string of the molecule is BrC1=CC(C2=CCCC=C2)=NC(c2ccccc2)C1. The van der Waals surface area contributed by atoms with E-state index in [2.05, 4.69) is 64.5 Å². The summed E-state index contributed by atoms with van der Waals surface area (Å²) in [4.78, 5) is 4.92. The fourth-order valence-corrected chi connectivity index (χ4v) is 3.00. The van der Waals surface area contributed by atoms with Gasteiger partial charge in [0.05, 0.1) is 11.8 Å². The van der Waals surface area contributed by atoms with Crippen LogP contribution in [0.15, 0.2) is 69.7 Å². The van der Waals surface area contributed by atoms with Gasteiger partial charge in [-0.3, -0.25) is 4.99 Å². The van der Waals surface area contributed by atoms with E-state index in [1.54, 1.807) is 0 Å². The van der Waals surface area contributed by atoms with Gasteiger partial charge < -0.3 is 0 Å². The Kier molecular flexibility index (Phi) is 3.79. The number of benzene rings is 1. The highest BCUT2D eigenvalue weighted by molar-refractivity contribution is 9.11. The van der Waals surface area contributed by atoms with E-state index in [9.17, 15) is 0 Å². The minimum Gasteiger partial charge on any atom is -0.276 e. The fourth-order valence-electron chi connectivity index (χ4n) is 2.47. The van der Waals surface area contributed by atoms with Crippen LogP contribution < -0.4 is 0 Å². The Morgan fingerprint density at radius 3 is 2.68 bits per heavy atom. The summed E-state index contributed by atoms with van der Waals surface area (Å²) in [6, 6.07) is 10.7. The van der Waals surface area contributed by atoms with Gasteiger partial charge in [-0.2, -0.15) is 0 Å². The van der Waals surface area contributed by atoms with Crippen molar-refractivity contribution < 1.29 is 0 Å². The molecular weight excluding hydrogens is 298 g/mol. The van der Waals surface area contributed by atoms with Crippen LogP contribution in [0.2, 0.25) is 0 Å². The van der Waals surface area contributed by atoms with E-state index in [-0.39, 0.29) is 6.04 Å². The Morgan fingerprint density at radius 1 is 1.11 bits per heavy atom. The normalized spacial score (nSPS) is 22.6. The molecular formula is C17H16BrN. The molecule has 0 spiro atoms. The molecule has 19 heavy (non-hydrogen) atoms. The van der Waals surface area contributed by atoms with Gasteiger partial charge in [0, 0.05) is 6.42 Å². The highest BCUT2D eigenvalue weighted by atomic mass is 79.9. The summed E-state index contributed by atoms with van der Waals surface area (Å²) in [7, 11) is 0. The second-order valence-corrected chi connectivity index (χ2v) is 5.89. The van der Waals surface area contributed by atoms with Crippen LogP contribution in [0.5, 0.6) is 0 Å². The molecule has 3 rings (SSSR count). The minimum absolute atomic E-state index is 0.229. The van der Waals surface area contributed by atoms with E-state index in [4.69, 9.17) is 4.99 Å². The summed E-state index contributed by atoms with van der Waals surface area (Å²) in [5.41, 5.74) is 3.64. The molecule has 1 aromatic rings. The number of aliphatic imine (C=N–C) groups is 1. The molecule has 1 atom stereocenters. The highest BCUT2D eigenvalue weighted by Crippen LogP contribution is 2.33. The second-order valence-electron chi connectivity index (χ2n) is 4.88. The van der Waals surface area contributed by atoms with Gasteiger partial charge in [-0.25, -0.2) is 0 Å². The zero-order chi connectivity index (χ0) is 13.1. The van der Waals surface area contributed by atoms with Crippen LogP contribution in [0.3, 0.4) is 0 Å². The molecule has 0 radical (unpaired) electrons. The van der Waals surface area contributed by atoms with Crippen molar-refractivity contribution in [3.05, 3.63) is 70.3 Å². The third-order valence-corrected chi connectivity index (χ3v) is 4.00. The zero-order valence-corrected chi connectivity index (χ0v) is 12.3. The molecule has 0 N–H and O–H groups in total.